The van der Waals surface area contributed by atoms with E-state index in [1.807, 2.05) is 0 Å². The van der Waals surface area contributed by atoms with Crippen LogP contribution in [0.1, 0.15) is 6.42 Å². The molecule has 1 amide bonds. The van der Waals surface area contributed by atoms with Crippen molar-refractivity contribution in [1.82, 2.24) is 19.3 Å². The number of methoxy groups -OCH3 is 1. The van der Waals surface area contributed by atoms with E-state index in [1.165, 1.54) is 28.9 Å². The van der Waals surface area contributed by atoms with Gasteiger partial charge in [0.2, 0.25) is 5.91 Å². The third-order valence-electron chi connectivity index (χ3n) is 3.73. The van der Waals surface area contributed by atoms with Crippen LogP contribution in [0.3, 0.4) is 0 Å². The van der Waals surface area contributed by atoms with Gasteiger partial charge >= 0.3 is 0 Å². The fourth-order valence-electron chi connectivity index (χ4n) is 2.44. The second-order valence-electron chi connectivity index (χ2n) is 5.39. The van der Waals surface area contributed by atoms with Crippen LogP contribution in [-0.4, -0.2) is 32.3 Å². The zero-order valence-corrected chi connectivity index (χ0v) is 14.4. The van der Waals surface area contributed by atoms with Gasteiger partial charge in [-0.25, -0.2) is 4.98 Å². The number of benzene rings is 1. The van der Waals surface area contributed by atoms with Crippen molar-refractivity contribution in [3.05, 3.63) is 46.1 Å². The number of anilines is 1. The minimum Gasteiger partial charge on any atom is -0.495 e. The van der Waals surface area contributed by atoms with Crippen molar-refractivity contribution < 1.29 is 9.53 Å². The number of aromatic nitrogens is 4. The molecule has 0 atom stereocenters. The van der Waals surface area contributed by atoms with E-state index in [-0.39, 0.29) is 24.4 Å². The summed E-state index contributed by atoms with van der Waals surface area (Å²) in [6, 6.07) is 4.95. The lowest BCUT2D eigenvalue weighted by Gasteiger charge is -2.11. The van der Waals surface area contributed by atoms with E-state index in [1.54, 1.807) is 25.2 Å². The number of hydrogen-bond donors (Lipinski definition) is 1. The molecule has 8 nitrogen and oxygen atoms in total. The van der Waals surface area contributed by atoms with Crippen LogP contribution in [0.25, 0.3) is 11.0 Å². The number of fused-ring (bicyclic) bond motifs is 1. The summed E-state index contributed by atoms with van der Waals surface area (Å²) in [5, 5.41) is 7.65. The number of rotatable bonds is 5. The Kier molecular flexibility index (Phi) is 4.71. The summed E-state index contributed by atoms with van der Waals surface area (Å²) in [6.45, 7) is 0.200. The average molecular weight is 362 g/mol. The Labute approximate surface area is 148 Å². The first kappa shape index (κ1) is 17.0. The number of ether oxygens (including phenoxy) is 1. The Morgan fingerprint density at radius 1 is 1.40 bits per heavy atom. The molecule has 2 aromatic heterocycles. The highest BCUT2D eigenvalue weighted by molar-refractivity contribution is 6.31. The lowest BCUT2D eigenvalue weighted by molar-refractivity contribution is -0.116. The van der Waals surface area contributed by atoms with Gasteiger partial charge in [-0.1, -0.05) is 11.6 Å². The molecule has 0 aliphatic carbocycles. The van der Waals surface area contributed by atoms with Gasteiger partial charge in [0.05, 0.1) is 25.3 Å². The van der Waals surface area contributed by atoms with E-state index in [2.05, 4.69) is 15.4 Å². The molecule has 1 aromatic carbocycles. The molecule has 25 heavy (non-hydrogen) atoms. The molecule has 0 saturated carbocycles. The van der Waals surface area contributed by atoms with Gasteiger partial charge in [-0.05, 0) is 18.2 Å². The molecule has 3 rings (SSSR count). The molecule has 0 aliphatic rings. The van der Waals surface area contributed by atoms with Gasteiger partial charge in [-0.2, -0.15) is 5.10 Å². The van der Waals surface area contributed by atoms with Crippen molar-refractivity contribution in [2.75, 3.05) is 12.4 Å². The molecular weight excluding hydrogens is 346 g/mol. The van der Waals surface area contributed by atoms with E-state index in [9.17, 15) is 9.59 Å². The third-order valence-corrected chi connectivity index (χ3v) is 3.97. The number of hydrogen-bond acceptors (Lipinski definition) is 5. The van der Waals surface area contributed by atoms with E-state index < -0.39 is 0 Å². The van der Waals surface area contributed by atoms with Crippen LogP contribution in [0, 0.1) is 0 Å². The van der Waals surface area contributed by atoms with Crippen LogP contribution in [-0.2, 0) is 18.4 Å². The predicted molar refractivity (Wildman–Crippen MR) is 94.0 cm³/mol. The zero-order chi connectivity index (χ0) is 18.0. The molecule has 130 valence electrons. The van der Waals surface area contributed by atoms with E-state index >= 15 is 0 Å². The first-order valence-corrected chi connectivity index (χ1v) is 7.88. The lowest BCUT2D eigenvalue weighted by atomic mass is 10.2. The maximum absolute atomic E-state index is 12.4. The summed E-state index contributed by atoms with van der Waals surface area (Å²) in [4.78, 5) is 28.7. The fourth-order valence-corrected chi connectivity index (χ4v) is 2.61. The number of carbonyl (C=O) groups is 1. The normalized spacial score (nSPS) is 10.8. The molecule has 2 heterocycles. The third kappa shape index (κ3) is 3.48. The summed E-state index contributed by atoms with van der Waals surface area (Å²) < 4.78 is 8.10. The van der Waals surface area contributed by atoms with Crippen LogP contribution in [0.5, 0.6) is 5.75 Å². The van der Waals surface area contributed by atoms with Crippen LogP contribution >= 0.6 is 11.6 Å². The molecule has 0 saturated heterocycles. The van der Waals surface area contributed by atoms with Gasteiger partial charge in [0.15, 0.2) is 5.65 Å². The smallest absolute Gasteiger partial charge is 0.264 e. The maximum Gasteiger partial charge on any atom is 0.264 e. The summed E-state index contributed by atoms with van der Waals surface area (Å²) in [5.74, 6) is 0.243. The molecule has 0 spiro atoms. The molecule has 0 radical (unpaired) electrons. The minimum absolute atomic E-state index is 0.100. The van der Waals surface area contributed by atoms with Crippen molar-refractivity contribution in [1.29, 1.82) is 0 Å². The molecule has 0 aliphatic heterocycles. The first-order valence-electron chi connectivity index (χ1n) is 7.50. The average Bonchev–Trinajstić information content (AvgIpc) is 2.96. The summed E-state index contributed by atoms with van der Waals surface area (Å²) in [7, 11) is 3.22. The van der Waals surface area contributed by atoms with E-state index in [4.69, 9.17) is 16.3 Å². The van der Waals surface area contributed by atoms with Gasteiger partial charge in [0, 0.05) is 25.0 Å². The summed E-state index contributed by atoms with van der Waals surface area (Å²) >= 11 is 5.94. The van der Waals surface area contributed by atoms with Gasteiger partial charge < -0.3 is 10.1 Å². The molecule has 1 N–H and O–H groups in total. The highest BCUT2D eigenvalue weighted by Crippen LogP contribution is 2.27. The highest BCUT2D eigenvalue weighted by Gasteiger charge is 2.11. The number of nitrogens with zero attached hydrogens (tertiary/aromatic N) is 4. The van der Waals surface area contributed by atoms with Gasteiger partial charge in [0.25, 0.3) is 5.56 Å². The Hall–Kier alpha value is -2.87. The summed E-state index contributed by atoms with van der Waals surface area (Å²) in [6.07, 6.45) is 2.99. The topological polar surface area (TPSA) is 91.0 Å². The molecule has 0 bridgehead atoms. The predicted octanol–water partition coefficient (Wildman–Crippen LogP) is 1.82. The minimum atomic E-state index is -0.265. The summed E-state index contributed by atoms with van der Waals surface area (Å²) in [5.41, 5.74) is 0.758. The number of nitrogens with one attached hydrogen (secondary N) is 1. The maximum atomic E-state index is 12.4. The second kappa shape index (κ2) is 6.94. The van der Waals surface area contributed by atoms with Crippen LogP contribution in [0.15, 0.2) is 35.5 Å². The van der Waals surface area contributed by atoms with Crippen molar-refractivity contribution in [3.8, 4) is 5.75 Å². The van der Waals surface area contributed by atoms with Crippen molar-refractivity contribution in [2.45, 2.75) is 13.0 Å². The SMILES string of the molecule is COc1ccc(Cl)cc1NC(=O)CCn1cnc2c(cnn2C)c1=O. The first-order chi connectivity index (χ1) is 12.0. The number of carbonyl (C=O) groups excluding carboxylic acids is 1. The molecule has 3 aromatic rings. The zero-order valence-electron chi connectivity index (χ0n) is 13.7. The Balaban J connectivity index is 1.72. The van der Waals surface area contributed by atoms with E-state index in [0.717, 1.165) is 0 Å². The fraction of sp³-hybridized carbons (Fsp3) is 0.250. The monoisotopic (exact) mass is 361 g/mol. The molecule has 0 unspecified atom stereocenters. The highest BCUT2D eigenvalue weighted by atomic mass is 35.5. The molecule has 0 fully saturated rings. The van der Waals surface area contributed by atoms with E-state index in [0.29, 0.717) is 27.5 Å². The van der Waals surface area contributed by atoms with Crippen molar-refractivity contribution >= 4 is 34.2 Å². The van der Waals surface area contributed by atoms with Crippen LogP contribution in [0.4, 0.5) is 5.69 Å². The molecular formula is C16H16ClN5O3. The largest absolute Gasteiger partial charge is 0.495 e. The molecule has 9 heteroatoms. The van der Waals surface area contributed by atoms with Crippen LogP contribution in [0.2, 0.25) is 5.02 Å². The Morgan fingerprint density at radius 3 is 2.96 bits per heavy atom. The van der Waals surface area contributed by atoms with Crippen molar-refractivity contribution in [3.63, 3.8) is 0 Å². The van der Waals surface area contributed by atoms with Gasteiger partial charge in [0.1, 0.15) is 11.1 Å². The quantitative estimate of drug-likeness (QED) is 0.748. The number of aryl methyl sites for hydroxylation is 2. The Morgan fingerprint density at radius 2 is 2.20 bits per heavy atom. The Bertz CT molecular complexity index is 995. The van der Waals surface area contributed by atoms with Gasteiger partial charge in [-0.3, -0.25) is 18.8 Å². The van der Waals surface area contributed by atoms with Crippen LogP contribution < -0.4 is 15.6 Å². The number of halogens is 1. The lowest BCUT2D eigenvalue weighted by Crippen LogP contribution is -2.23. The van der Waals surface area contributed by atoms with Gasteiger partial charge in [-0.15, -0.1) is 0 Å². The van der Waals surface area contributed by atoms with Crippen molar-refractivity contribution in [2.24, 2.45) is 7.05 Å². The second-order valence-corrected chi connectivity index (χ2v) is 5.83. The standard InChI is InChI=1S/C16H16ClN5O3/c1-21-15-11(8-19-21)16(24)22(9-18-15)6-5-14(23)20-12-7-10(17)3-4-13(12)25-2/h3-4,7-9H,5-6H2,1-2H3,(H,20,23). The number of amides is 1.